The van der Waals surface area contributed by atoms with Gasteiger partial charge >= 0.3 is 5.97 Å². The number of aliphatic hydroxyl groups excluding tert-OH is 1. The highest BCUT2D eigenvalue weighted by molar-refractivity contribution is 6.55. The molecule has 0 radical (unpaired) electrons. The number of hydrogen-bond donors (Lipinski definition) is 3. The van der Waals surface area contributed by atoms with E-state index in [0.717, 1.165) is 25.9 Å². The molecule has 16 heteroatoms. The fourth-order valence-electron chi connectivity index (χ4n) is 6.10. The maximum Gasteiger partial charge on any atom is 0.333 e. The van der Waals surface area contributed by atoms with Crippen LogP contribution in [0.25, 0.3) is 0 Å². The van der Waals surface area contributed by atoms with Crippen LogP contribution in [0.1, 0.15) is 124 Å². The molecule has 0 saturated carbocycles. The second kappa shape index (κ2) is 21.3. The Morgan fingerprint density at radius 3 is 2.05 bits per heavy atom. The van der Waals surface area contributed by atoms with Gasteiger partial charge in [-0.2, -0.15) is 0 Å². The zero-order chi connectivity index (χ0) is 42.5. The van der Waals surface area contributed by atoms with Crippen molar-refractivity contribution in [3.8, 4) is 5.75 Å². The van der Waals surface area contributed by atoms with Crippen LogP contribution in [0.5, 0.6) is 5.75 Å². The third-order valence-electron chi connectivity index (χ3n) is 9.89. The predicted octanol–water partition coefficient (Wildman–Crippen LogP) is 4.02. The summed E-state index contributed by atoms with van der Waals surface area (Å²) in [6, 6.07) is 4.72. The van der Waals surface area contributed by atoms with Crippen LogP contribution < -0.4 is 10.1 Å². The number of carbonyl (C=O) groups is 3. The monoisotopic (exact) mass is 793 g/mol. The average Bonchev–Trinajstić information content (AvgIpc) is 3.08. The molecule has 3 atom stereocenters. The summed E-state index contributed by atoms with van der Waals surface area (Å²) in [7, 11) is 2.99. The fourth-order valence-corrected chi connectivity index (χ4v) is 6.10. The predicted molar refractivity (Wildman–Crippen MR) is 219 cm³/mol. The van der Waals surface area contributed by atoms with E-state index in [0.29, 0.717) is 31.8 Å². The van der Waals surface area contributed by atoms with Crippen molar-refractivity contribution >= 4 is 33.6 Å². The third kappa shape index (κ3) is 17.8. The Morgan fingerprint density at radius 2 is 1.48 bits per heavy atom. The first-order valence-electron chi connectivity index (χ1n) is 19.8. The number of aliphatic carboxylic acids is 1. The lowest BCUT2D eigenvalue weighted by molar-refractivity contribution is -0.195. The first-order chi connectivity index (χ1) is 25.8. The van der Waals surface area contributed by atoms with Gasteiger partial charge in [-0.15, -0.1) is 0 Å². The number of nitrogens with zero attached hydrogens (tertiary/aromatic N) is 1. The molecule has 0 aromatic heterocycles. The highest BCUT2D eigenvalue weighted by Gasteiger charge is 2.36. The zero-order valence-corrected chi connectivity index (χ0v) is 36.4. The Bertz CT molecular complexity index is 1420. The van der Waals surface area contributed by atoms with Crippen LogP contribution >= 0.6 is 0 Å². The van der Waals surface area contributed by atoms with Crippen molar-refractivity contribution in [2.75, 3.05) is 39.5 Å². The van der Waals surface area contributed by atoms with Crippen LogP contribution in [0.4, 0.5) is 4.79 Å². The summed E-state index contributed by atoms with van der Waals surface area (Å²) in [6.07, 6.45) is -1.05. The molecular formula is C40H70B2N2O12. The van der Waals surface area contributed by atoms with Gasteiger partial charge in [0.25, 0.3) is 14.0 Å². The van der Waals surface area contributed by atoms with Gasteiger partial charge in [0.15, 0.2) is 6.10 Å². The number of amides is 1. The van der Waals surface area contributed by atoms with Crippen LogP contribution in [0.15, 0.2) is 18.2 Å². The molecular weight excluding hydrogens is 722 g/mol. The van der Waals surface area contributed by atoms with Crippen LogP contribution in [0.2, 0.25) is 0 Å². The second-order valence-electron chi connectivity index (χ2n) is 17.9. The van der Waals surface area contributed by atoms with Gasteiger partial charge in [-0.1, -0.05) is 6.07 Å². The van der Waals surface area contributed by atoms with Crippen molar-refractivity contribution < 1.29 is 57.7 Å². The highest BCUT2D eigenvalue weighted by atomic mass is 16.7. The Labute approximate surface area is 336 Å². The van der Waals surface area contributed by atoms with Gasteiger partial charge in [-0.05, 0) is 113 Å². The Balaban J connectivity index is 2.20. The molecule has 1 aliphatic rings. The second-order valence-corrected chi connectivity index (χ2v) is 17.9. The van der Waals surface area contributed by atoms with Gasteiger partial charge in [-0.25, -0.2) is 4.79 Å². The van der Waals surface area contributed by atoms with E-state index in [9.17, 15) is 24.6 Å². The quantitative estimate of drug-likeness (QED) is 0.122. The Morgan fingerprint density at radius 1 is 0.893 bits per heavy atom. The molecule has 0 aliphatic carbocycles. The van der Waals surface area contributed by atoms with E-state index in [4.69, 9.17) is 33.1 Å². The van der Waals surface area contributed by atoms with E-state index in [1.807, 2.05) is 34.6 Å². The lowest BCUT2D eigenvalue weighted by Crippen LogP contribution is -2.52. The SMILES string of the molecule is BOCCC(C)(C)OCC(C)(C)N(CCC(C)(C)OCC)CCC(C)(C)OCC(C)(C)NC(=O)c1cc(COC(B)=O)ccc1O[C@H]1C[C@@H](O)C[C@@H](C(=O)O)O1. The van der Waals surface area contributed by atoms with Gasteiger partial charge in [-0.3, -0.25) is 14.5 Å². The highest BCUT2D eigenvalue weighted by Crippen LogP contribution is 2.29. The van der Waals surface area contributed by atoms with Crippen molar-refractivity contribution in [1.82, 2.24) is 10.2 Å². The third-order valence-corrected chi connectivity index (χ3v) is 9.89. The first kappa shape index (κ1) is 49.4. The molecule has 1 saturated heterocycles. The summed E-state index contributed by atoms with van der Waals surface area (Å²) in [5.41, 5.74) is -1.66. The number of rotatable bonds is 25. The van der Waals surface area contributed by atoms with Gasteiger partial charge in [0.05, 0.1) is 47.2 Å². The Kier molecular flexibility index (Phi) is 18.8. The van der Waals surface area contributed by atoms with Crippen molar-refractivity contribution in [3.05, 3.63) is 29.3 Å². The normalized spacial score (nSPS) is 18.5. The van der Waals surface area contributed by atoms with Crippen molar-refractivity contribution in [2.45, 2.75) is 161 Å². The minimum atomic E-state index is -1.25. The molecule has 1 aliphatic heterocycles. The number of benzene rings is 1. The maximum absolute atomic E-state index is 13.9. The summed E-state index contributed by atoms with van der Waals surface area (Å²) < 4.78 is 41.0. The number of hydrogen-bond acceptors (Lipinski definition) is 12. The average molecular weight is 793 g/mol. The number of aliphatic hydroxyl groups is 1. The molecule has 318 valence electrons. The summed E-state index contributed by atoms with van der Waals surface area (Å²) in [4.78, 5) is 39.5. The summed E-state index contributed by atoms with van der Waals surface area (Å²) >= 11 is 0. The smallest absolute Gasteiger partial charge is 0.333 e. The van der Waals surface area contributed by atoms with Crippen molar-refractivity contribution in [3.63, 3.8) is 0 Å². The molecule has 1 aromatic rings. The lowest BCUT2D eigenvalue weighted by atomic mass is 9.96. The molecule has 1 fully saturated rings. The molecule has 1 aromatic carbocycles. The van der Waals surface area contributed by atoms with E-state index in [1.165, 1.54) is 13.9 Å². The van der Waals surface area contributed by atoms with Crippen LogP contribution in [0, 0.1) is 0 Å². The Hall–Kier alpha value is -2.72. The van der Waals surface area contributed by atoms with E-state index in [-0.39, 0.29) is 54.1 Å². The van der Waals surface area contributed by atoms with E-state index < -0.39 is 47.4 Å². The number of carbonyl (C=O) groups excluding carboxylic acids is 2. The van der Waals surface area contributed by atoms with E-state index in [2.05, 4.69) is 51.8 Å². The van der Waals surface area contributed by atoms with E-state index >= 15 is 0 Å². The number of carboxylic acids is 1. The van der Waals surface area contributed by atoms with Gasteiger partial charge in [0.2, 0.25) is 20.0 Å². The molecule has 14 nitrogen and oxygen atoms in total. The fraction of sp³-hybridized carbons (Fsp3) is 0.775. The number of carboxylic acid groups (broad SMARTS) is 1. The molecule has 1 amide bonds. The maximum atomic E-state index is 13.9. The topological polar surface area (TPSA) is 172 Å². The molecule has 0 spiro atoms. The zero-order valence-electron chi connectivity index (χ0n) is 36.4. The number of ether oxygens (including phenoxy) is 6. The van der Waals surface area contributed by atoms with Crippen LogP contribution in [0.3, 0.4) is 0 Å². The summed E-state index contributed by atoms with van der Waals surface area (Å²) in [5, 5.41) is 22.8. The van der Waals surface area contributed by atoms with E-state index in [1.54, 1.807) is 20.2 Å². The molecule has 1 heterocycles. The van der Waals surface area contributed by atoms with Crippen molar-refractivity contribution in [2.24, 2.45) is 0 Å². The first-order valence-corrected chi connectivity index (χ1v) is 19.8. The van der Waals surface area contributed by atoms with Crippen LogP contribution in [-0.4, -0.2) is 135 Å². The molecule has 2 rings (SSSR count). The molecule has 3 N–H and O–H groups in total. The largest absolute Gasteiger partial charge is 0.479 e. The molecule has 56 heavy (non-hydrogen) atoms. The minimum Gasteiger partial charge on any atom is -0.479 e. The molecule has 0 unspecified atom stereocenters. The van der Waals surface area contributed by atoms with Gasteiger partial charge in [0, 0.05) is 44.7 Å². The lowest BCUT2D eigenvalue weighted by Gasteiger charge is -2.43. The summed E-state index contributed by atoms with van der Waals surface area (Å²) in [6.45, 7) is 26.0. The summed E-state index contributed by atoms with van der Waals surface area (Å²) in [5.74, 6) is -2.06. The number of nitrogens with one attached hydrogen (secondary N) is 1. The van der Waals surface area contributed by atoms with Crippen molar-refractivity contribution in [1.29, 1.82) is 0 Å². The minimum absolute atomic E-state index is 0.0206. The standard InChI is InChI=1S/C40H70B2N2O12/c1-12-51-38(6,7)15-18-44(37(4,5)26-53-40(10,11)17-20-54-42)19-16-39(8,9)52-25-36(2,3)43-33(46)29-21-27(24-50-35(41)49)13-14-30(29)55-32-23-28(45)22-31(56-32)34(47)48/h13-14,21,28,31-32,45H,12,15-20,22-26,41-42H2,1-11H3,(H,43,46)(H,47,48)/t28-,31-,32+/m0/s1. The van der Waals surface area contributed by atoms with Crippen LogP contribution in [-0.2, 0) is 39.7 Å². The van der Waals surface area contributed by atoms with Gasteiger partial charge in [0.1, 0.15) is 12.4 Å². The van der Waals surface area contributed by atoms with Gasteiger partial charge < -0.3 is 48.6 Å². The molecule has 0 bridgehead atoms.